The molecule has 0 saturated carbocycles. The maximum absolute atomic E-state index is 12.2. The van der Waals surface area contributed by atoms with Crippen LogP contribution in [0.1, 0.15) is 18.4 Å². The first-order valence-electron chi connectivity index (χ1n) is 9.61. The molecule has 7 heteroatoms. The van der Waals surface area contributed by atoms with Crippen molar-refractivity contribution < 1.29 is 8.42 Å². The van der Waals surface area contributed by atoms with Gasteiger partial charge in [0.2, 0.25) is 0 Å². The van der Waals surface area contributed by atoms with Crippen LogP contribution in [0.15, 0.2) is 30.3 Å². The standard InChI is InChI=1S/C19H32N4O2S/c1-20(2)26(24,25)23-10-8-19(9-11-23)17-22-14-12-21(13-15-22)16-18-6-4-3-5-7-18/h3-7,19H,8-17H2,1-2H3. The SMILES string of the molecule is CN(C)S(=O)(=O)N1CCC(CN2CCN(Cc3ccccc3)CC2)CC1. The molecule has 2 aliphatic rings. The number of piperazine rings is 1. The van der Waals surface area contributed by atoms with E-state index in [1.54, 1.807) is 18.4 Å². The fraction of sp³-hybridized carbons (Fsp3) is 0.684. The Bertz CT molecular complexity index is 649. The van der Waals surface area contributed by atoms with E-state index >= 15 is 0 Å². The van der Waals surface area contributed by atoms with Gasteiger partial charge in [0.05, 0.1) is 0 Å². The number of nitrogens with zero attached hydrogens (tertiary/aromatic N) is 4. The summed E-state index contributed by atoms with van der Waals surface area (Å²) in [5.41, 5.74) is 1.38. The highest BCUT2D eigenvalue weighted by Gasteiger charge is 2.30. The molecule has 3 rings (SSSR count). The smallest absolute Gasteiger partial charge is 0.281 e. The van der Waals surface area contributed by atoms with E-state index in [0.717, 1.165) is 52.1 Å². The molecule has 2 saturated heterocycles. The minimum Gasteiger partial charge on any atom is -0.301 e. The number of hydrogen-bond donors (Lipinski definition) is 0. The molecular formula is C19H32N4O2S. The van der Waals surface area contributed by atoms with Crippen molar-refractivity contribution in [2.24, 2.45) is 5.92 Å². The molecule has 0 atom stereocenters. The largest absolute Gasteiger partial charge is 0.301 e. The average Bonchev–Trinajstić information content (AvgIpc) is 2.64. The zero-order valence-electron chi connectivity index (χ0n) is 16.0. The monoisotopic (exact) mass is 380 g/mol. The Morgan fingerprint density at radius 3 is 2.08 bits per heavy atom. The highest BCUT2D eigenvalue weighted by Crippen LogP contribution is 2.22. The van der Waals surface area contributed by atoms with Gasteiger partial charge in [-0.05, 0) is 24.3 Å². The molecule has 0 aliphatic carbocycles. The second-order valence-corrected chi connectivity index (χ2v) is 9.84. The summed E-state index contributed by atoms with van der Waals surface area (Å²) in [6.45, 7) is 7.90. The molecule has 0 aromatic heterocycles. The quantitative estimate of drug-likeness (QED) is 0.747. The Morgan fingerprint density at radius 2 is 1.50 bits per heavy atom. The summed E-state index contributed by atoms with van der Waals surface area (Å²) < 4.78 is 27.4. The summed E-state index contributed by atoms with van der Waals surface area (Å²) in [6.07, 6.45) is 1.94. The minimum absolute atomic E-state index is 0.615. The van der Waals surface area contributed by atoms with Crippen molar-refractivity contribution in [2.45, 2.75) is 19.4 Å². The average molecular weight is 381 g/mol. The topological polar surface area (TPSA) is 47.1 Å². The van der Waals surface area contributed by atoms with Crippen molar-refractivity contribution in [3.8, 4) is 0 Å². The molecule has 0 N–H and O–H groups in total. The lowest BCUT2D eigenvalue weighted by Gasteiger charge is -2.39. The molecule has 2 aliphatic heterocycles. The molecule has 0 bridgehead atoms. The third-order valence-electron chi connectivity index (χ3n) is 5.59. The Kier molecular flexibility index (Phi) is 6.69. The molecule has 0 unspecified atom stereocenters. The molecule has 0 amide bonds. The van der Waals surface area contributed by atoms with Crippen molar-refractivity contribution in [1.29, 1.82) is 0 Å². The summed E-state index contributed by atoms with van der Waals surface area (Å²) in [5, 5.41) is 0. The first kappa shape index (κ1) is 19.8. The fourth-order valence-corrected chi connectivity index (χ4v) is 5.02. The van der Waals surface area contributed by atoms with Gasteiger partial charge >= 0.3 is 0 Å². The molecule has 2 fully saturated rings. The van der Waals surface area contributed by atoms with Crippen LogP contribution in [0.3, 0.4) is 0 Å². The van der Waals surface area contributed by atoms with E-state index in [0.29, 0.717) is 19.0 Å². The maximum Gasteiger partial charge on any atom is 0.281 e. The molecular weight excluding hydrogens is 348 g/mol. The van der Waals surface area contributed by atoms with Crippen LogP contribution in [-0.2, 0) is 16.8 Å². The molecule has 2 heterocycles. The van der Waals surface area contributed by atoms with Gasteiger partial charge in [0.1, 0.15) is 0 Å². The third kappa shape index (κ3) is 5.04. The van der Waals surface area contributed by atoms with Crippen LogP contribution in [0.25, 0.3) is 0 Å². The first-order valence-corrected chi connectivity index (χ1v) is 11.0. The van der Waals surface area contributed by atoms with Crippen LogP contribution in [-0.4, -0.2) is 86.7 Å². The summed E-state index contributed by atoms with van der Waals surface area (Å²) in [7, 11) is -0.0321. The van der Waals surface area contributed by atoms with Gasteiger partial charge in [0.15, 0.2) is 0 Å². The highest BCUT2D eigenvalue weighted by molar-refractivity contribution is 7.86. The Balaban J connectivity index is 1.39. The molecule has 0 spiro atoms. The van der Waals surface area contributed by atoms with Crippen LogP contribution in [0, 0.1) is 5.92 Å². The van der Waals surface area contributed by atoms with Gasteiger partial charge in [0, 0.05) is 66.5 Å². The van der Waals surface area contributed by atoms with E-state index in [9.17, 15) is 8.42 Å². The van der Waals surface area contributed by atoms with Crippen molar-refractivity contribution >= 4 is 10.2 Å². The van der Waals surface area contributed by atoms with E-state index in [2.05, 4.69) is 40.1 Å². The van der Waals surface area contributed by atoms with E-state index < -0.39 is 10.2 Å². The van der Waals surface area contributed by atoms with E-state index in [4.69, 9.17) is 0 Å². The van der Waals surface area contributed by atoms with Gasteiger partial charge in [-0.3, -0.25) is 4.90 Å². The van der Waals surface area contributed by atoms with Crippen LogP contribution in [0.2, 0.25) is 0 Å². The number of benzene rings is 1. The summed E-state index contributed by atoms with van der Waals surface area (Å²) in [5.74, 6) is 0.615. The van der Waals surface area contributed by atoms with Crippen molar-refractivity contribution in [3.05, 3.63) is 35.9 Å². The third-order valence-corrected chi connectivity index (χ3v) is 7.53. The van der Waals surface area contributed by atoms with Crippen LogP contribution >= 0.6 is 0 Å². The minimum atomic E-state index is -3.25. The Hall–Kier alpha value is -0.990. The molecule has 1 aromatic rings. The summed E-state index contributed by atoms with van der Waals surface area (Å²) in [4.78, 5) is 5.08. The zero-order chi connectivity index (χ0) is 18.6. The highest BCUT2D eigenvalue weighted by atomic mass is 32.2. The van der Waals surface area contributed by atoms with Gasteiger partial charge in [0.25, 0.3) is 10.2 Å². The van der Waals surface area contributed by atoms with Crippen molar-refractivity contribution in [1.82, 2.24) is 18.4 Å². The predicted octanol–water partition coefficient (Wildman–Crippen LogP) is 1.32. The summed E-state index contributed by atoms with van der Waals surface area (Å²) >= 11 is 0. The molecule has 0 radical (unpaired) electrons. The maximum atomic E-state index is 12.2. The van der Waals surface area contributed by atoms with E-state index in [1.165, 1.54) is 9.87 Å². The normalized spacial score (nSPS) is 22.1. The summed E-state index contributed by atoms with van der Waals surface area (Å²) in [6, 6.07) is 10.7. The fourth-order valence-electron chi connectivity index (χ4n) is 3.89. The lowest BCUT2D eigenvalue weighted by molar-refractivity contribution is 0.101. The van der Waals surface area contributed by atoms with Gasteiger partial charge in [-0.15, -0.1) is 0 Å². The lowest BCUT2D eigenvalue weighted by Crippen LogP contribution is -2.49. The van der Waals surface area contributed by atoms with E-state index in [1.807, 2.05) is 0 Å². The predicted molar refractivity (Wildman–Crippen MR) is 105 cm³/mol. The van der Waals surface area contributed by atoms with Crippen molar-refractivity contribution in [3.63, 3.8) is 0 Å². The van der Waals surface area contributed by atoms with E-state index in [-0.39, 0.29) is 0 Å². The first-order chi connectivity index (χ1) is 12.4. The molecule has 26 heavy (non-hydrogen) atoms. The lowest BCUT2D eigenvalue weighted by atomic mass is 9.97. The second-order valence-electron chi connectivity index (χ2n) is 7.69. The van der Waals surface area contributed by atoms with Crippen LogP contribution in [0.5, 0.6) is 0 Å². The Labute approximate surface area is 158 Å². The van der Waals surface area contributed by atoms with Crippen LogP contribution < -0.4 is 0 Å². The number of hydrogen-bond acceptors (Lipinski definition) is 4. The number of piperidine rings is 1. The zero-order valence-corrected chi connectivity index (χ0v) is 16.9. The van der Waals surface area contributed by atoms with Gasteiger partial charge in [-0.1, -0.05) is 30.3 Å². The second kappa shape index (κ2) is 8.80. The van der Waals surface area contributed by atoms with Gasteiger partial charge in [-0.2, -0.15) is 17.0 Å². The van der Waals surface area contributed by atoms with Crippen molar-refractivity contribution in [2.75, 3.05) is 59.9 Å². The van der Waals surface area contributed by atoms with Gasteiger partial charge < -0.3 is 4.90 Å². The Morgan fingerprint density at radius 1 is 0.923 bits per heavy atom. The van der Waals surface area contributed by atoms with Gasteiger partial charge in [-0.25, -0.2) is 0 Å². The molecule has 6 nitrogen and oxygen atoms in total. The number of rotatable bonds is 6. The van der Waals surface area contributed by atoms with Crippen LogP contribution in [0.4, 0.5) is 0 Å². The molecule has 1 aromatic carbocycles. The molecule has 146 valence electrons.